The number of amides is 1. The van der Waals surface area contributed by atoms with Crippen molar-refractivity contribution in [1.29, 1.82) is 0 Å². The fraction of sp³-hybridized carbons (Fsp3) is 0.316. The maximum absolute atomic E-state index is 11.9. The number of methoxy groups -OCH3 is 1. The number of benzene rings is 2. The molecule has 0 aliphatic heterocycles. The van der Waals surface area contributed by atoms with Crippen molar-refractivity contribution in [2.24, 2.45) is 5.73 Å². The second kappa shape index (κ2) is 9.35. The molecule has 1 amide bonds. The minimum atomic E-state index is -0.437. The number of nitrogens with one attached hydrogen (secondary N) is 1. The van der Waals surface area contributed by atoms with Gasteiger partial charge in [0.05, 0.1) is 13.2 Å². The van der Waals surface area contributed by atoms with Crippen molar-refractivity contribution in [2.45, 2.75) is 19.0 Å². The van der Waals surface area contributed by atoms with Crippen molar-refractivity contribution >= 4 is 17.7 Å². The summed E-state index contributed by atoms with van der Waals surface area (Å²) < 4.78 is 5.25. The van der Waals surface area contributed by atoms with Gasteiger partial charge in [-0.2, -0.15) is 11.8 Å². The first kappa shape index (κ1) is 18.4. The Labute approximate surface area is 147 Å². The lowest BCUT2D eigenvalue weighted by Crippen LogP contribution is -2.40. The van der Waals surface area contributed by atoms with Crippen LogP contribution in [-0.4, -0.2) is 31.1 Å². The number of thioether (sulfide) groups is 1. The highest BCUT2D eigenvalue weighted by atomic mass is 32.2. The van der Waals surface area contributed by atoms with Crippen molar-refractivity contribution in [3.8, 4) is 16.9 Å². The van der Waals surface area contributed by atoms with E-state index in [0.29, 0.717) is 13.0 Å². The SMILES string of the molecule is COc1cccc(-c2ccc(CNC(=O)[C@@H](N)CCSC)cc2)c1. The fourth-order valence-electron chi connectivity index (χ4n) is 2.31. The highest BCUT2D eigenvalue weighted by molar-refractivity contribution is 7.98. The van der Waals surface area contributed by atoms with Gasteiger partial charge in [0.1, 0.15) is 5.75 Å². The van der Waals surface area contributed by atoms with Crippen molar-refractivity contribution in [3.63, 3.8) is 0 Å². The lowest BCUT2D eigenvalue weighted by molar-refractivity contribution is -0.122. The Morgan fingerprint density at radius 2 is 1.96 bits per heavy atom. The lowest BCUT2D eigenvalue weighted by Gasteiger charge is -2.12. The Kier molecular flexibility index (Phi) is 7.15. The molecular weight excluding hydrogens is 320 g/mol. The van der Waals surface area contributed by atoms with Crippen LogP contribution in [0.5, 0.6) is 5.75 Å². The maximum Gasteiger partial charge on any atom is 0.237 e. The van der Waals surface area contributed by atoms with E-state index in [9.17, 15) is 4.79 Å². The Balaban J connectivity index is 1.93. The van der Waals surface area contributed by atoms with E-state index in [1.165, 1.54) is 0 Å². The number of carbonyl (C=O) groups is 1. The molecule has 0 spiro atoms. The molecule has 0 fully saturated rings. The van der Waals surface area contributed by atoms with E-state index < -0.39 is 6.04 Å². The smallest absolute Gasteiger partial charge is 0.237 e. The molecule has 0 aliphatic carbocycles. The Hall–Kier alpha value is -1.98. The first-order valence-corrected chi connectivity index (χ1v) is 9.29. The molecule has 0 aliphatic rings. The number of nitrogens with two attached hydrogens (primary N) is 1. The highest BCUT2D eigenvalue weighted by Crippen LogP contribution is 2.24. The van der Waals surface area contributed by atoms with Crippen LogP contribution in [0, 0.1) is 0 Å². The molecule has 0 saturated heterocycles. The van der Waals surface area contributed by atoms with E-state index in [1.807, 2.05) is 54.8 Å². The van der Waals surface area contributed by atoms with Gasteiger partial charge in [0.2, 0.25) is 5.91 Å². The van der Waals surface area contributed by atoms with Crippen molar-refractivity contribution < 1.29 is 9.53 Å². The molecule has 0 radical (unpaired) electrons. The molecule has 2 aromatic rings. The van der Waals surface area contributed by atoms with Gasteiger partial charge in [-0.25, -0.2) is 0 Å². The molecule has 128 valence electrons. The van der Waals surface area contributed by atoms with Gasteiger partial charge in [0.15, 0.2) is 0 Å². The van der Waals surface area contributed by atoms with E-state index in [2.05, 4.69) is 5.32 Å². The number of ether oxygens (including phenoxy) is 1. The highest BCUT2D eigenvalue weighted by Gasteiger charge is 2.12. The van der Waals surface area contributed by atoms with Crippen LogP contribution in [0.15, 0.2) is 48.5 Å². The molecule has 4 nitrogen and oxygen atoms in total. The second-order valence-corrected chi connectivity index (χ2v) is 6.52. The van der Waals surface area contributed by atoms with E-state index in [0.717, 1.165) is 28.2 Å². The Morgan fingerprint density at radius 3 is 2.62 bits per heavy atom. The summed E-state index contributed by atoms with van der Waals surface area (Å²) in [5, 5.41) is 2.89. The number of hydrogen-bond donors (Lipinski definition) is 2. The molecular formula is C19H24N2O2S. The molecule has 0 heterocycles. The van der Waals surface area contributed by atoms with Crippen molar-refractivity contribution in [2.75, 3.05) is 19.1 Å². The first-order valence-electron chi connectivity index (χ1n) is 7.89. The van der Waals surface area contributed by atoms with Crippen LogP contribution in [0.2, 0.25) is 0 Å². The lowest BCUT2D eigenvalue weighted by atomic mass is 10.0. The van der Waals surface area contributed by atoms with Gasteiger partial charge in [-0.1, -0.05) is 36.4 Å². The summed E-state index contributed by atoms with van der Waals surface area (Å²) in [5.41, 5.74) is 9.12. The van der Waals surface area contributed by atoms with Crippen LogP contribution in [0.1, 0.15) is 12.0 Å². The molecule has 0 saturated carbocycles. The summed E-state index contributed by atoms with van der Waals surface area (Å²) in [6.45, 7) is 0.490. The molecule has 2 aromatic carbocycles. The third-order valence-electron chi connectivity index (χ3n) is 3.79. The van der Waals surface area contributed by atoms with Crippen LogP contribution in [0.4, 0.5) is 0 Å². The zero-order valence-electron chi connectivity index (χ0n) is 14.1. The van der Waals surface area contributed by atoms with Crippen LogP contribution in [0.25, 0.3) is 11.1 Å². The molecule has 0 unspecified atom stereocenters. The number of rotatable bonds is 8. The summed E-state index contributed by atoms with van der Waals surface area (Å²) in [6, 6.07) is 15.6. The largest absolute Gasteiger partial charge is 0.497 e. The fourth-order valence-corrected chi connectivity index (χ4v) is 2.80. The molecule has 2 rings (SSSR count). The van der Waals surface area contributed by atoms with Gasteiger partial charge in [0, 0.05) is 6.54 Å². The van der Waals surface area contributed by atoms with Crippen molar-refractivity contribution in [3.05, 3.63) is 54.1 Å². The summed E-state index contributed by atoms with van der Waals surface area (Å²) in [4.78, 5) is 11.9. The number of carbonyl (C=O) groups excluding carboxylic acids is 1. The topological polar surface area (TPSA) is 64.3 Å². The average molecular weight is 344 g/mol. The van der Waals surface area contributed by atoms with Crippen LogP contribution >= 0.6 is 11.8 Å². The molecule has 0 bridgehead atoms. The zero-order valence-corrected chi connectivity index (χ0v) is 14.9. The number of hydrogen-bond acceptors (Lipinski definition) is 4. The molecule has 24 heavy (non-hydrogen) atoms. The van der Waals surface area contributed by atoms with Gasteiger partial charge in [-0.15, -0.1) is 0 Å². The van der Waals surface area contributed by atoms with E-state index in [1.54, 1.807) is 18.9 Å². The van der Waals surface area contributed by atoms with Gasteiger partial charge in [0.25, 0.3) is 0 Å². The van der Waals surface area contributed by atoms with Gasteiger partial charge < -0.3 is 15.8 Å². The Morgan fingerprint density at radius 1 is 1.21 bits per heavy atom. The van der Waals surface area contributed by atoms with E-state index >= 15 is 0 Å². The van der Waals surface area contributed by atoms with Gasteiger partial charge in [-0.05, 0) is 47.3 Å². The van der Waals surface area contributed by atoms with Gasteiger partial charge >= 0.3 is 0 Å². The third kappa shape index (κ3) is 5.28. The summed E-state index contributed by atoms with van der Waals surface area (Å²) >= 11 is 1.69. The van der Waals surface area contributed by atoms with Crippen LogP contribution < -0.4 is 15.8 Å². The average Bonchev–Trinajstić information content (AvgIpc) is 2.64. The summed E-state index contributed by atoms with van der Waals surface area (Å²) in [6.07, 6.45) is 2.70. The molecule has 0 aromatic heterocycles. The first-order chi connectivity index (χ1) is 11.6. The predicted molar refractivity (Wildman–Crippen MR) is 101 cm³/mol. The van der Waals surface area contributed by atoms with Crippen LogP contribution in [0.3, 0.4) is 0 Å². The van der Waals surface area contributed by atoms with E-state index in [4.69, 9.17) is 10.5 Å². The second-order valence-electron chi connectivity index (χ2n) is 5.53. The monoisotopic (exact) mass is 344 g/mol. The standard InChI is InChI=1S/C19H24N2O2S/c1-23-17-5-3-4-16(12-17)15-8-6-14(7-9-15)13-21-19(22)18(20)10-11-24-2/h3-9,12,18H,10-11,13,20H2,1-2H3,(H,21,22)/t18-/m0/s1. The zero-order chi connectivity index (χ0) is 17.4. The minimum Gasteiger partial charge on any atom is -0.497 e. The molecule has 1 atom stereocenters. The van der Waals surface area contributed by atoms with Crippen LogP contribution in [-0.2, 0) is 11.3 Å². The normalized spacial score (nSPS) is 11.8. The predicted octanol–water partition coefficient (Wildman–Crippen LogP) is 3.06. The summed E-state index contributed by atoms with van der Waals surface area (Å²) in [5.74, 6) is 1.63. The minimum absolute atomic E-state index is 0.0964. The van der Waals surface area contributed by atoms with Crippen molar-refractivity contribution in [1.82, 2.24) is 5.32 Å². The van der Waals surface area contributed by atoms with E-state index in [-0.39, 0.29) is 5.91 Å². The summed E-state index contributed by atoms with van der Waals surface area (Å²) in [7, 11) is 1.66. The van der Waals surface area contributed by atoms with Gasteiger partial charge in [-0.3, -0.25) is 4.79 Å². The third-order valence-corrected chi connectivity index (χ3v) is 4.44. The molecule has 3 N–H and O–H groups in total. The quantitative estimate of drug-likeness (QED) is 0.772. The maximum atomic E-state index is 11.9. The molecule has 5 heteroatoms. The Bertz CT molecular complexity index is 659.